The van der Waals surface area contributed by atoms with Gasteiger partial charge in [0.15, 0.2) is 0 Å². The van der Waals surface area contributed by atoms with Crippen LogP contribution >= 0.6 is 0 Å². The highest BCUT2D eigenvalue weighted by Crippen LogP contribution is 2.25. The minimum absolute atomic E-state index is 0.0646. The van der Waals surface area contributed by atoms with Gasteiger partial charge in [0.05, 0.1) is 17.1 Å². The van der Waals surface area contributed by atoms with Crippen LogP contribution in [0, 0.1) is 6.92 Å². The smallest absolute Gasteiger partial charge is 0.251 e. The Kier molecular flexibility index (Phi) is 4.01. The predicted octanol–water partition coefficient (Wildman–Crippen LogP) is 1.60. The van der Waals surface area contributed by atoms with Gasteiger partial charge in [-0.15, -0.1) is 0 Å². The largest absolute Gasteiger partial charge is 0.507 e. The topological polar surface area (TPSA) is 85.0 Å². The van der Waals surface area contributed by atoms with Crippen molar-refractivity contribution in [2.24, 2.45) is 7.05 Å². The van der Waals surface area contributed by atoms with Crippen LogP contribution in [0.1, 0.15) is 22.6 Å². The lowest BCUT2D eigenvalue weighted by molar-refractivity contribution is 0.0952. The summed E-state index contributed by atoms with van der Waals surface area (Å²) in [6, 6.07) is 3.21. The average molecular weight is 313 g/mol. The van der Waals surface area contributed by atoms with E-state index in [2.05, 4.69) is 15.4 Å². The highest BCUT2D eigenvalue weighted by molar-refractivity contribution is 5.99. The van der Waals surface area contributed by atoms with Gasteiger partial charge in [-0.05, 0) is 25.5 Å². The second-order valence-electron chi connectivity index (χ2n) is 5.47. The summed E-state index contributed by atoms with van der Waals surface area (Å²) in [6.45, 7) is 3.31. The number of amides is 1. The standard InChI is InChI=1S/C16H19N5O2/c1-11-17-5-7-21(11)6-3-4-18-16(23)12-8-14-13(15(22)9-12)10-19-20(14)2/h5,7-10,22H,3-4,6H2,1-2H3,(H,18,23). The van der Waals surface area contributed by atoms with Crippen LogP contribution in [-0.2, 0) is 13.6 Å². The Morgan fingerprint density at radius 3 is 2.96 bits per heavy atom. The molecule has 0 radical (unpaired) electrons. The Labute approximate surface area is 133 Å². The molecular weight excluding hydrogens is 294 g/mol. The molecule has 1 aromatic carbocycles. The molecule has 0 aliphatic rings. The van der Waals surface area contributed by atoms with Gasteiger partial charge >= 0.3 is 0 Å². The number of benzene rings is 1. The van der Waals surface area contributed by atoms with Gasteiger partial charge in [0, 0.05) is 38.1 Å². The van der Waals surface area contributed by atoms with Gasteiger partial charge in [0.2, 0.25) is 0 Å². The number of fused-ring (bicyclic) bond motifs is 1. The molecule has 2 aromatic heterocycles. The minimum Gasteiger partial charge on any atom is -0.507 e. The first-order valence-corrected chi connectivity index (χ1v) is 7.47. The minimum atomic E-state index is -0.203. The number of hydrogen-bond donors (Lipinski definition) is 2. The SMILES string of the molecule is Cc1nccn1CCCNC(=O)c1cc(O)c2cnn(C)c2c1. The van der Waals surface area contributed by atoms with E-state index in [0.717, 1.165) is 24.3 Å². The molecule has 120 valence electrons. The van der Waals surface area contributed by atoms with Crippen molar-refractivity contribution in [3.8, 4) is 5.75 Å². The number of nitrogens with one attached hydrogen (secondary N) is 1. The summed E-state index contributed by atoms with van der Waals surface area (Å²) < 4.78 is 3.67. The third-order valence-electron chi connectivity index (χ3n) is 3.89. The van der Waals surface area contributed by atoms with Gasteiger partial charge < -0.3 is 15.0 Å². The van der Waals surface area contributed by atoms with E-state index in [-0.39, 0.29) is 11.7 Å². The number of phenols is 1. The van der Waals surface area contributed by atoms with Crippen LogP contribution in [0.4, 0.5) is 0 Å². The maximum absolute atomic E-state index is 12.2. The number of phenolic OH excluding ortho intramolecular Hbond substituents is 1. The molecule has 3 rings (SSSR count). The monoisotopic (exact) mass is 313 g/mol. The molecule has 23 heavy (non-hydrogen) atoms. The number of aromatic nitrogens is 4. The first-order chi connectivity index (χ1) is 11.1. The van der Waals surface area contributed by atoms with E-state index in [1.807, 2.05) is 17.7 Å². The molecule has 0 saturated heterocycles. The predicted molar refractivity (Wildman–Crippen MR) is 86.3 cm³/mol. The van der Waals surface area contributed by atoms with Crippen LogP contribution in [-0.4, -0.2) is 36.9 Å². The van der Waals surface area contributed by atoms with Crippen molar-refractivity contribution >= 4 is 16.8 Å². The van der Waals surface area contributed by atoms with Gasteiger partial charge in [0.25, 0.3) is 5.91 Å². The first-order valence-electron chi connectivity index (χ1n) is 7.47. The number of hydrogen-bond acceptors (Lipinski definition) is 4. The summed E-state index contributed by atoms with van der Waals surface area (Å²) in [6.07, 6.45) is 6.08. The summed E-state index contributed by atoms with van der Waals surface area (Å²) in [5, 5.41) is 17.6. The molecule has 2 N–H and O–H groups in total. The normalized spacial score (nSPS) is 11.0. The number of aryl methyl sites for hydroxylation is 3. The lowest BCUT2D eigenvalue weighted by Crippen LogP contribution is -2.25. The van der Waals surface area contributed by atoms with Crippen molar-refractivity contribution < 1.29 is 9.90 Å². The molecular formula is C16H19N5O2. The fraction of sp³-hybridized carbons (Fsp3) is 0.312. The first kappa shape index (κ1) is 15.1. The molecule has 0 unspecified atom stereocenters. The quantitative estimate of drug-likeness (QED) is 0.701. The maximum atomic E-state index is 12.2. The van der Waals surface area contributed by atoms with Crippen molar-refractivity contribution in [1.82, 2.24) is 24.6 Å². The summed E-state index contributed by atoms with van der Waals surface area (Å²) in [4.78, 5) is 16.4. The van der Waals surface area contributed by atoms with Crippen molar-refractivity contribution in [3.05, 3.63) is 42.1 Å². The Morgan fingerprint density at radius 1 is 1.39 bits per heavy atom. The van der Waals surface area contributed by atoms with Crippen molar-refractivity contribution in [1.29, 1.82) is 0 Å². The molecule has 7 nitrogen and oxygen atoms in total. The van der Waals surface area contributed by atoms with E-state index in [0.29, 0.717) is 17.5 Å². The van der Waals surface area contributed by atoms with E-state index in [1.54, 1.807) is 30.2 Å². The Bertz CT molecular complexity index is 849. The van der Waals surface area contributed by atoms with Crippen LogP contribution in [0.15, 0.2) is 30.7 Å². The zero-order valence-electron chi connectivity index (χ0n) is 13.2. The summed E-state index contributed by atoms with van der Waals surface area (Å²) >= 11 is 0. The lowest BCUT2D eigenvalue weighted by Gasteiger charge is -2.08. The number of nitrogens with zero attached hydrogens (tertiary/aromatic N) is 4. The molecule has 0 fully saturated rings. The summed E-state index contributed by atoms with van der Waals surface area (Å²) in [5.74, 6) is 0.823. The fourth-order valence-corrected chi connectivity index (χ4v) is 2.55. The Hall–Kier alpha value is -2.83. The fourth-order valence-electron chi connectivity index (χ4n) is 2.55. The average Bonchev–Trinajstić information content (AvgIpc) is 3.10. The maximum Gasteiger partial charge on any atom is 0.251 e. The van der Waals surface area contributed by atoms with Crippen molar-refractivity contribution in [2.75, 3.05) is 6.54 Å². The van der Waals surface area contributed by atoms with E-state index in [4.69, 9.17) is 0 Å². The summed E-state index contributed by atoms with van der Waals surface area (Å²) in [7, 11) is 1.77. The molecule has 0 bridgehead atoms. The lowest BCUT2D eigenvalue weighted by atomic mass is 10.1. The number of rotatable bonds is 5. The van der Waals surface area contributed by atoms with Crippen LogP contribution in [0.5, 0.6) is 5.75 Å². The molecule has 0 spiro atoms. The van der Waals surface area contributed by atoms with Crippen LogP contribution < -0.4 is 5.32 Å². The van der Waals surface area contributed by atoms with Gasteiger partial charge in [-0.3, -0.25) is 9.48 Å². The second-order valence-corrected chi connectivity index (χ2v) is 5.47. The molecule has 0 aliphatic heterocycles. The van der Waals surface area contributed by atoms with E-state index < -0.39 is 0 Å². The third kappa shape index (κ3) is 3.03. The van der Waals surface area contributed by atoms with Crippen LogP contribution in [0.3, 0.4) is 0 Å². The van der Waals surface area contributed by atoms with Crippen molar-refractivity contribution in [2.45, 2.75) is 19.9 Å². The number of carbonyl (C=O) groups is 1. The molecule has 7 heteroatoms. The molecule has 0 saturated carbocycles. The van der Waals surface area contributed by atoms with E-state index in [1.165, 1.54) is 6.07 Å². The molecule has 1 amide bonds. The van der Waals surface area contributed by atoms with Crippen molar-refractivity contribution in [3.63, 3.8) is 0 Å². The van der Waals surface area contributed by atoms with Gasteiger partial charge in [-0.25, -0.2) is 4.98 Å². The van der Waals surface area contributed by atoms with Gasteiger partial charge in [-0.2, -0.15) is 5.10 Å². The van der Waals surface area contributed by atoms with E-state index in [9.17, 15) is 9.90 Å². The second kappa shape index (κ2) is 6.12. The highest BCUT2D eigenvalue weighted by atomic mass is 16.3. The van der Waals surface area contributed by atoms with E-state index >= 15 is 0 Å². The zero-order valence-corrected chi connectivity index (χ0v) is 13.2. The van der Waals surface area contributed by atoms with Crippen LogP contribution in [0.25, 0.3) is 10.9 Å². The van der Waals surface area contributed by atoms with Crippen LogP contribution in [0.2, 0.25) is 0 Å². The molecule has 0 aliphatic carbocycles. The highest BCUT2D eigenvalue weighted by Gasteiger charge is 2.12. The number of aromatic hydroxyl groups is 1. The van der Waals surface area contributed by atoms with Gasteiger partial charge in [0.1, 0.15) is 11.6 Å². The Morgan fingerprint density at radius 2 is 2.22 bits per heavy atom. The molecule has 0 atom stereocenters. The summed E-state index contributed by atoms with van der Waals surface area (Å²) in [5.41, 5.74) is 1.15. The Balaban J connectivity index is 1.62. The zero-order chi connectivity index (χ0) is 16.4. The number of carbonyl (C=O) groups excluding carboxylic acids is 1. The third-order valence-corrected chi connectivity index (χ3v) is 3.89. The molecule has 2 heterocycles. The van der Waals surface area contributed by atoms with Gasteiger partial charge in [-0.1, -0.05) is 0 Å². The number of imidazole rings is 1. The molecule has 3 aromatic rings.